The summed E-state index contributed by atoms with van der Waals surface area (Å²) in [5, 5.41) is 3.76. The van der Waals surface area contributed by atoms with Gasteiger partial charge in [-0.2, -0.15) is 0 Å². The predicted molar refractivity (Wildman–Crippen MR) is 82.7 cm³/mol. The van der Waals surface area contributed by atoms with Crippen LogP contribution in [-0.2, 0) is 0 Å². The summed E-state index contributed by atoms with van der Waals surface area (Å²) in [6.07, 6.45) is 0. The van der Waals surface area contributed by atoms with Crippen molar-refractivity contribution in [2.75, 3.05) is 12.4 Å². The van der Waals surface area contributed by atoms with Gasteiger partial charge < -0.3 is 10.1 Å². The molecule has 0 aliphatic heterocycles. The number of rotatable bonds is 3. The topological polar surface area (TPSA) is 51.2 Å². The van der Waals surface area contributed by atoms with Gasteiger partial charge in [-0.1, -0.05) is 24.3 Å². The monoisotopic (exact) mass is 278 g/mol. The number of carbonyl (C=O) groups excluding carboxylic acids is 1. The van der Waals surface area contributed by atoms with Gasteiger partial charge in [0.2, 0.25) is 0 Å². The molecule has 2 aromatic carbocycles. The van der Waals surface area contributed by atoms with Gasteiger partial charge in [0.1, 0.15) is 11.4 Å². The van der Waals surface area contributed by atoms with Crippen LogP contribution in [0.1, 0.15) is 10.5 Å². The molecular formula is C17H14N2O2. The van der Waals surface area contributed by atoms with Crippen LogP contribution in [-0.4, -0.2) is 18.0 Å². The van der Waals surface area contributed by atoms with Gasteiger partial charge in [0, 0.05) is 11.1 Å². The fourth-order valence-corrected chi connectivity index (χ4v) is 2.07. The first-order chi connectivity index (χ1) is 10.3. The molecule has 4 nitrogen and oxygen atoms in total. The van der Waals surface area contributed by atoms with Crippen molar-refractivity contribution >= 4 is 22.5 Å². The Morgan fingerprint density at radius 2 is 1.86 bits per heavy atom. The van der Waals surface area contributed by atoms with Crippen molar-refractivity contribution in [3.05, 3.63) is 66.4 Å². The minimum atomic E-state index is -0.223. The highest BCUT2D eigenvalue weighted by Crippen LogP contribution is 2.20. The van der Waals surface area contributed by atoms with Crippen molar-refractivity contribution in [1.82, 2.24) is 4.98 Å². The molecule has 0 aliphatic rings. The summed E-state index contributed by atoms with van der Waals surface area (Å²) in [4.78, 5) is 16.6. The summed E-state index contributed by atoms with van der Waals surface area (Å²) in [6.45, 7) is 0. The average molecular weight is 278 g/mol. The van der Waals surface area contributed by atoms with Crippen molar-refractivity contribution in [2.45, 2.75) is 0 Å². The van der Waals surface area contributed by atoms with Crippen LogP contribution in [0.4, 0.5) is 5.69 Å². The second-order valence-corrected chi connectivity index (χ2v) is 4.58. The molecule has 0 saturated carbocycles. The summed E-state index contributed by atoms with van der Waals surface area (Å²) in [6, 6.07) is 18.4. The second-order valence-electron chi connectivity index (χ2n) is 4.58. The fraction of sp³-hybridized carbons (Fsp3) is 0.0588. The van der Waals surface area contributed by atoms with Crippen molar-refractivity contribution < 1.29 is 9.53 Å². The first-order valence-electron chi connectivity index (χ1n) is 6.57. The van der Waals surface area contributed by atoms with E-state index in [9.17, 15) is 4.79 Å². The highest BCUT2D eigenvalue weighted by atomic mass is 16.5. The molecule has 3 rings (SSSR count). The van der Waals surface area contributed by atoms with E-state index < -0.39 is 0 Å². The number of ether oxygens (including phenoxy) is 1. The molecule has 21 heavy (non-hydrogen) atoms. The van der Waals surface area contributed by atoms with E-state index in [0.717, 1.165) is 22.3 Å². The molecular weight excluding hydrogens is 264 g/mol. The number of para-hydroxylation sites is 1. The average Bonchev–Trinajstić information content (AvgIpc) is 2.54. The van der Waals surface area contributed by atoms with Crippen molar-refractivity contribution in [1.29, 1.82) is 0 Å². The van der Waals surface area contributed by atoms with E-state index in [0.29, 0.717) is 5.69 Å². The van der Waals surface area contributed by atoms with Gasteiger partial charge >= 0.3 is 0 Å². The Hall–Kier alpha value is -2.88. The largest absolute Gasteiger partial charge is 0.497 e. The summed E-state index contributed by atoms with van der Waals surface area (Å²) < 4.78 is 5.17. The number of hydrogen-bond donors (Lipinski definition) is 1. The van der Waals surface area contributed by atoms with Crippen molar-refractivity contribution in [2.24, 2.45) is 0 Å². The van der Waals surface area contributed by atoms with Gasteiger partial charge in [-0.25, -0.2) is 4.98 Å². The van der Waals surface area contributed by atoms with Gasteiger partial charge in [0.05, 0.1) is 12.6 Å². The van der Waals surface area contributed by atoms with Crippen LogP contribution in [0.2, 0.25) is 0 Å². The van der Waals surface area contributed by atoms with Crippen LogP contribution in [0.3, 0.4) is 0 Å². The molecule has 0 aliphatic carbocycles. The third-order valence-electron chi connectivity index (χ3n) is 3.16. The highest BCUT2D eigenvalue weighted by Gasteiger charge is 2.08. The summed E-state index contributed by atoms with van der Waals surface area (Å²) in [7, 11) is 1.62. The lowest BCUT2D eigenvalue weighted by molar-refractivity contribution is 0.102. The van der Waals surface area contributed by atoms with E-state index in [1.54, 1.807) is 13.2 Å². The van der Waals surface area contributed by atoms with Gasteiger partial charge in [0.25, 0.3) is 5.91 Å². The Morgan fingerprint density at radius 3 is 2.62 bits per heavy atom. The second kappa shape index (κ2) is 5.63. The van der Waals surface area contributed by atoms with E-state index >= 15 is 0 Å². The van der Waals surface area contributed by atoms with Crippen LogP contribution in [0.5, 0.6) is 5.75 Å². The molecule has 0 bridgehead atoms. The Labute approximate surface area is 122 Å². The van der Waals surface area contributed by atoms with Gasteiger partial charge in [-0.15, -0.1) is 0 Å². The van der Waals surface area contributed by atoms with Gasteiger partial charge in [0.15, 0.2) is 0 Å². The molecule has 0 spiro atoms. The van der Waals surface area contributed by atoms with E-state index in [4.69, 9.17) is 4.74 Å². The third kappa shape index (κ3) is 2.84. The molecule has 104 valence electrons. The van der Waals surface area contributed by atoms with E-state index in [1.807, 2.05) is 54.6 Å². The van der Waals surface area contributed by atoms with Crippen LogP contribution < -0.4 is 10.1 Å². The van der Waals surface area contributed by atoms with Crippen molar-refractivity contribution in [3.63, 3.8) is 0 Å². The molecule has 4 heteroatoms. The molecule has 1 N–H and O–H groups in total. The lowest BCUT2D eigenvalue weighted by Crippen LogP contribution is -2.13. The minimum absolute atomic E-state index is 0.223. The number of carbonyl (C=O) groups is 1. The Morgan fingerprint density at radius 1 is 1.05 bits per heavy atom. The maximum absolute atomic E-state index is 12.2. The number of aromatic nitrogens is 1. The quantitative estimate of drug-likeness (QED) is 0.797. The van der Waals surface area contributed by atoms with Crippen LogP contribution in [0.25, 0.3) is 10.9 Å². The maximum Gasteiger partial charge on any atom is 0.274 e. The Kier molecular flexibility index (Phi) is 3.51. The fourth-order valence-electron chi connectivity index (χ4n) is 2.07. The number of nitrogens with zero attached hydrogens (tertiary/aromatic N) is 1. The maximum atomic E-state index is 12.2. The first kappa shape index (κ1) is 13.1. The van der Waals surface area contributed by atoms with E-state index in [1.165, 1.54) is 0 Å². The standard InChI is InChI=1S/C17H14N2O2/c1-21-14-8-10-15-12(11-14)7-9-16(19-15)17(20)18-13-5-3-2-4-6-13/h2-11H,1H3,(H,18,20). The van der Waals surface area contributed by atoms with Crippen molar-refractivity contribution in [3.8, 4) is 5.75 Å². The zero-order chi connectivity index (χ0) is 14.7. The number of benzene rings is 2. The minimum Gasteiger partial charge on any atom is -0.497 e. The lowest BCUT2D eigenvalue weighted by atomic mass is 10.2. The number of fused-ring (bicyclic) bond motifs is 1. The van der Waals surface area contributed by atoms with Gasteiger partial charge in [-0.3, -0.25) is 4.79 Å². The van der Waals surface area contributed by atoms with E-state index in [-0.39, 0.29) is 5.91 Å². The normalized spacial score (nSPS) is 10.3. The molecule has 0 atom stereocenters. The Bertz CT molecular complexity index is 785. The molecule has 3 aromatic rings. The SMILES string of the molecule is COc1ccc2nc(C(=O)Nc3ccccc3)ccc2c1. The number of pyridine rings is 1. The number of anilines is 1. The number of nitrogens with one attached hydrogen (secondary N) is 1. The predicted octanol–water partition coefficient (Wildman–Crippen LogP) is 3.50. The summed E-state index contributed by atoms with van der Waals surface area (Å²) in [5.41, 5.74) is 1.90. The lowest BCUT2D eigenvalue weighted by Gasteiger charge is -2.06. The highest BCUT2D eigenvalue weighted by molar-refractivity contribution is 6.04. The molecule has 0 saturated heterocycles. The van der Waals surface area contributed by atoms with Crippen LogP contribution >= 0.6 is 0 Å². The number of amides is 1. The van der Waals surface area contributed by atoms with Gasteiger partial charge in [-0.05, 0) is 36.4 Å². The molecule has 1 heterocycles. The third-order valence-corrected chi connectivity index (χ3v) is 3.16. The van der Waals surface area contributed by atoms with Crippen LogP contribution in [0, 0.1) is 0 Å². The smallest absolute Gasteiger partial charge is 0.274 e. The van der Waals surface area contributed by atoms with E-state index in [2.05, 4.69) is 10.3 Å². The zero-order valence-electron chi connectivity index (χ0n) is 11.5. The zero-order valence-corrected chi connectivity index (χ0v) is 11.5. The molecule has 0 fully saturated rings. The molecule has 0 unspecified atom stereocenters. The number of hydrogen-bond acceptors (Lipinski definition) is 3. The van der Waals surface area contributed by atoms with Crippen LogP contribution in [0.15, 0.2) is 60.7 Å². The number of methoxy groups -OCH3 is 1. The molecule has 0 radical (unpaired) electrons. The Balaban J connectivity index is 1.88. The molecule has 1 amide bonds. The molecule has 1 aromatic heterocycles. The summed E-state index contributed by atoms with van der Waals surface area (Å²) in [5.74, 6) is 0.546. The summed E-state index contributed by atoms with van der Waals surface area (Å²) >= 11 is 0. The first-order valence-corrected chi connectivity index (χ1v) is 6.57.